The maximum Gasteiger partial charge on any atom is 0.234 e. The SMILES string of the molecule is COc1ccc2cc1Oc1cccc(c1)CO[C@H]1CN(C(=O)CSc3nccc(C)n3)C[C@@H]1NC(=O)CN(C)C2. The minimum atomic E-state index is -0.358. The molecule has 5 rings (SSSR count). The maximum atomic E-state index is 13.1. The maximum absolute atomic E-state index is 13.1. The first-order valence-corrected chi connectivity index (χ1v) is 14.1. The molecule has 2 aliphatic heterocycles. The fourth-order valence-electron chi connectivity index (χ4n) is 4.79. The Morgan fingerprint density at radius 3 is 2.85 bits per heavy atom. The molecule has 0 spiro atoms. The second-order valence-corrected chi connectivity index (χ2v) is 10.9. The Kier molecular flexibility index (Phi) is 8.83. The second kappa shape index (κ2) is 12.7. The van der Waals surface area contributed by atoms with E-state index in [9.17, 15) is 9.59 Å². The topological polar surface area (TPSA) is 106 Å². The number of nitrogens with one attached hydrogen (secondary N) is 1. The van der Waals surface area contributed by atoms with Gasteiger partial charge in [-0.2, -0.15) is 0 Å². The number of hydrogen-bond acceptors (Lipinski definition) is 9. The minimum absolute atomic E-state index is 0.0490. The van der Waals surface area contributed by atoms with Crippen LogP contribution in [-0.2, 0) is 27.5 Å². The first kappa shape index (κ1) is 27.9. The zero-order valence-corrected chi connectivity index (χ0v) is 23.6. The van der Waals surface area contributed by atoms with Crippen molar-refractivity contribution >= 4 is 23.6 Å². The highest BCUT2D eigenvalue weighted by Crippen LogP contribution is 2.33. The molecule has 11 heteroatoms. The van der Waals surface area contributed by atoms with Crippen molar-refractivity contribution in [2.45, 2.75) is 37.4 Å². The Morgan fingerprint density at radius 1 is 1.15 bits per heavy atom. The van der Waals surface area contributed by atoms with Gasteiger partial charge in [-0.15, -0.1) is 0 Å². The molecule has 0 saturated carbocycles. The molecule has 2 aromatic carbocycles. The highest BCUT2D eigenvalue weighted by Gasteiger charge is 2.37. The van der Waals surface area contributed by atoms with Gasteiger partial charge >= 0.3 is 0 Å². The lowest BCUT2D eigenvalue weighted by molar-refractivity contribution is -0.128. The number of ether oxygens (including phenoxy) is 3. The first-order chi connectivity index (χ1) is 19.4. The molecular weight excluding hydrogens is 530 g/mol. The molecule has 1 aromatic heterocycles. The lowest BCUT2D eigenvalue weighted by Crippen LogP contribution is -2.47. The molecule has 3 aromatic rings. The van der Waals surface area contributed by atoms with Crippen LogP contribution < -0.4 is 14.8 Å². The van der Waals surface area contributed by atoms with Crippen LogP contribution in [0.2, 0.25) is 0 Å². The molecule has 1 fully saturated rings. The second-order valence-electron chi connectivity index (χ2n) is 10.00. The van der Waals surface area contributed by atoms with Crippen LogP contribution in [0.3, 0.4) is 0 Å². The number of thioether (sulfide) groups is 1. The van der Waals surface area contributed by atoms with Crippen molar-refractivity contribution in [1.82, 2.24) is 25.1 Å². The summed E-state index contributed by atoms with van der Waals surface area (Å²) in [6.07, 6.45) is 1.33. The fraction of sp³-hybridized carbons (Fsp3) is 0.379. The van der Waals surface area contributed by atoms with E-state index in [-0.39, 0.29) is 36.3 Å². The first-order valence-electron chi connectivity index (χ1n) is 13.1. The van der Waals surface area contributed by atoms with Crippen molar-refractivity contribution in [1.29, 1.82) is 0 Å². The summed E-state index contributed by atoms with van der Waals surface area (Å²) in [5, 5.41) is 3.68. The summed E-state index contributed by atoms with van der Waals surface area (Å²) in [6.45, 7) is 3.69. The summed E-state index contributed by atoms with van der Waals surface area (Å²) in [5.74, 6) is 1.92. The van der Waals surface area contributed by atoms with Gasteiger partial charge in [0.05, 0.1) is 38.2 Å². The van der Waals surface area contributed by atoms with Gasteiger partial charge in [-0.1, -0.05) is 30.0 Å². The predicted octanol–water partition coefficient (Wildman–Crippen LogP) is 3.04. The number of methoxy groups -OCH3 is 1. The van der Waals surface area contributed by atoms with E-state index < -0.39 is 0 Å². The molecular formula is C29H33N5O5S. The van der Waals surface area contributed by atoms with Crippen molar-refractivity contribution in [2.24, 2.45) is 0 Å². The Bertz CT molecular complexity index is 1370. The van der Waals surface area contributed by atoms with Crippen LogP contribution in [-0.4, -0.2) is 83.3 Å². The van der Waals surface area contributed by atoms with E-state index in [4.69, 9.17) is 14.2 Å². The Hall–Kier alpha value is -3.67. The summed E-state index contributed by atoms with van der Waals surface area (Å²) in [5.41, 5.74) is 2.76. The van der Waals surface area contributed by atoms with Crippen molar-refractivity contribution in [3.05, 3.63) is 71.5 Å². The molecule has 2 aliphatic rings. The van der Waals surface area contributed by atoms with E-state index in [0.717, 1.165) is 16.8 Å². The van der Waals surface area contributed by atoms with Gasteiger partial charge in [0.2, 0.25) is 11.8 Å². The molecule has 4 bridgehead atoms. The largest absolute Gasteiger partial charge is 0.493 e. The molecule has 0 aliphatic carbocycles. The van der Waals surface area contributed by atoms with E-state index >= 15 is 0 Å². The van der Waals surface area contributed by atoms with Gasteiger partial charge in [-0.05, 0) is 55.4 Å². The molecule has 0 radical (unpaired) electrons. The number of fused-ring (bicyclic) bond motifs is 5. The Labute approximate surface area is 238 Å². The fourth-order valence-corrected chi connectivity index (χ4v) is 5.57. The molecule has 2 atom stereocenters. The Balaban J connectivity index is 1.33. The van der Waals surface area contributed by atoms with Gasteiger partial charge < -0.3 is 24.4 Å². The van der Waals surface area contributed by atoms with Gasteiger partial charge in [0.15, 0.2) is 16.7 Å². The number of likely N-dealkylation sites (tertiary alicyclic amines) is 1. The summed E-state index contributed by atoms with van der Waals surface area (Å²) in [7, 11) is 3.50. The lowest BCUT2D eigenvalue weighted by atomic mass is 10.1. The van der Waals surface area contributed by atoms with E-state index in [1.165, 1.54) is 11.8 Å². The number of hydrogen-bond donors (Lipinski definition) is 1. The number of aryl methyl sites for hydroxylation is 1. The summed E-state index contributed by atoms with van der Waals surface area (Å²) in [4.78, 5) is 38.4. The van der Waals surface area contributed by atoms with Crippen LogP contribution in [0, 0.1) is 6.92 Å². The minimum Gasteiger partial charge on any atom is -0.493 e. The van der Waals surface area contributed by atoms with Crippen molar-refractivity contribution in [3.8, 4) is 17.2 Å². The summed E-state index contributed by atoms with van der Waals surface area (Å²) < 4.78 is 18.0. The number of nitrogens with zero attached hydrogens (tertiary/aromatic N) is 4. The van der Waals surface area contributed by atoms with E-state index in [1.807, 2.05) is 67.4 Å². The molecule has 0 unspecified atom stereocenters. The van der Waals surface area contributed by atoms with E-state index in [0.29, 0.717) is 48.6 Å². The zero-order valence-electron chi connectivity index (χ0n) is 22.8. The van der Waals surface area contributed by atoms with Crippen molar-refractivity contribution in [3.63, 3.8) is 0 Å². The monoisotopic (exact) mass is 563 g/mol. The zero-order chi connectivity index (χ0) is 28.1. The van der Waals surface area contributed by atoms with Crippen molar-refractivity contribution in [2.75, 3.05) is 39.5 Å². The highest BCUT2D eigenvalue weighted by atomic mass is 32.2. The number of aromatic nitrogens is 2. The van der Waals surface area contributed by atoms with E-state index in [1.54, 1.807) is 18.2 Å². The number of benzene rings is 2. The van der Waals surface area contributed by atoms with Gasteiger partial charge in [0.25, 0.3) is 0 Å². The van der Waals surface area contributed by atoms with Crippen LogP contribution in [0.25, 0.3) is 0 Å². The number of amides is 2. The molecule has 210 valence electrons. The van der Waals surface area contributed by atoms with Gasteiger partial charge in [0, 0.05) is 31.5 Å². The quantitative estimate of drug-likeness (QED) is 0.379. The summed E-state index contributed by atoms with van der Waals surface area (Å²) >= 11 is 1.30. The van der Waals surface area contributed by atoms with Gasteiger partial charge in [-0.3, -0.25) is 14.5 Å². The standard InChI is InChI=1S/C29H33N5O5S/c1-19-9-10-30-29(31-19)40-18-28(36)34-14-23-26(15-34)38-17-21-5-4-6-22(11-21)39-25-12-20(7-8-24(25)37-3)13-33(2)16-27(35)32-23/h4-12,23,26H,13-18H2,1-3H3,(H,32,35)/t23-,26-/m0/s1. The number of carbonyl (C=O) groups excluding carboxylic acids is 2. The molecule has 2 amide bonds. The molecule has 40 heavy (non-hydrogen) atoms. The number of rotatable bonds is 4. The molecule has 1 N–H and O–H groups in total. The molecule has 1 saturated heterocycles. The normalized spacial score (nSPS) is 19.9. The molecule has 3 heterocycles. The predicted molar refractivity (Wildman–Crippen MR) is 150 cm³/mol. The van der Waals surface area contributed by atoms with Gasteiger partial charge in [0.1, 0.15) is 5.75 Å². The third-order valence-electron chi connectivity index (χ3n) is 6.75. The highest BCUT2D eigenvalue weighted by molar-refractivity contribution is 7.99. The average molecular weight is 564 g/mol. The third-order valence-corrected chi connectivity index (χ3v) is 7.59. The van der Waals surface area contributed by atoms with Gasteiger partial charge in [-0.25, -0.2) is 9.97 Å². The summed E-state index contributed by atoms with van der Waals surface area (Å²) in [6, 6.07) is 14.9. The number of carbonyl (C=O) groups is 2. The Morgan fingerprint density at radius 2 is 2.02 bits per heavy atom. The van der Waals surface area contributed by atoms with Crippen LogP contribution >= 0.6 is 11.8 Å². The van der Waals surface area contributed by atoms with Crippen LogP contribution in [0.5, 0.6) is 17.2 Å². The van der Waals surface area contributed by atoms with E-state index in [2.05, 4.69) is 15.3 Å². The van der Waals surface area contributed by atoms with Crippen LogP contribution in [0.15, 0.2) is 59.9 Å². The van der Waals surface area contributed by atoms with Crippen LogP contribution in [0.1, 0.15) is 16.8 Å². The molecule has 10 nitrogen and oxygen atoms in total. The van der Waals surface area contributed by atoms with Crippen molar-refractivity contribution < 1.29 is 23.8 Å². The average Bonchev–Trinajstić information content (AvgIpc) is 3.33. The van der Waals surface area contributed by atoms with Crippen LogP contribution in [0.4, 0.5) is 0 Å². The third kappa shape index (κ3) is 7.09. The number of likely N-dealkylation sites (N-methyl/N-ethyl adjacent to an activating group) is 1. The lowest BCUT2D eigenvalue weighted by Gasteiger charge is -2.23. The smallest absolute Gasteiger partial charge is 0.234 e.